The fraction of sp³-hybridized carbons (Fsp3) is 0.333. The van der Waals surface area contributed by atoms with Gasteiger partial charge in [-0.05, 0) is 48.6 Å². The van der Waals surface area contributed by atoms with Gasteiger partial charge in [0, 0.05) is 16.9 Å². The summed E-state index contributed by atoms with van der Waals surface area (Å²) in [6.45, 7) is 2.56. The average Bonchev–Trinajstić information content (AvgIpc) is 2.47. The molecule has 0 saturated heterocycles. The molecule has 2 atom stereocenters. The van der Waals surface area contributed by atoms with Crippen molar-refractivity contribution in [3.05, 3.63) is 69.7 Å². The van der Waals surface area contributed by atoms with E-state index in [1.807, 2.05) is 36.4 Å². The molecule has 0 aromatic heterocycles. The summed E-state index contributed by atoms with van der Waals surface area (Å²) in [5.74, 6) is -0.0217. The van der Waals surface area contributed by atoms with E-state index in [1.54, 1.807) is 0 Å². The van der Waals surface area contributed by atoms with E-state index in [-0.39, 0.29) is 5.92 Å². The molecule has 2 aromatic rings. The maximum Gasteiger partial charge on any atom is 0.0624 e. The van der Waals surface area contributed by atoms with Crippen LogP contribution in [0.15, 0.2) is 53.0 Å². The minimum absolute atomic E-state index is 0.0217. The van der Waals surface area contributed by atoms with Crippen LogP contribution in [0.3, 0.4) is 0 Å². The van der Waals surface area contributed by atoms with Gasteiger partial charge in [-0.2, -0.15) is 0 Å². The molecule has 0 heterocycles. The first kappa shape index (κ1) is 16.2. The van der Waals surface area contributed by atoms with Crippen LogP contribution in [0.2, 0.25) is 0 Å². The molecule has 3 heteroatoms. The number of aliphatic hydroxyl groups is 1. The van der Waals surface area contributed by atoms with Gasteiger partial charge in [-0.1, -0.05) is 52.3 Å². The Bertz CT molecular complexity index is 585. The molecule has 2 rings (SSSR count). The molecular weight excluding hydrogens is 326 g/mol. The molecular formula is C18H22BrNO. The third-order valence-corrected chi connectivity index (χ3v) is 4.46. The molecule has 0 saturated carbocycles. The quantitative estimate of drug-likeness (QED) is 0.834. The van der Waals surface area contributed by atoms with Crippen LogP contribution in [-0.4, -0.2) is 17.8 Å². The Kier molecular flexibility index (Phi) is 5.97. The summed E-state index contributed by atoms with van der Waals surface area (Å²) in [5, 5.41) is 10.5. The predicted octanol–water partition coefficient (Wildman–Crippen LogP) is 3.79. The maximum absolute atomic E-state index is 10.5. The van der Waals surface area contributed by atoms with Gasteiger partial charge in [0.1, 0.15) is 0 Å². The third kappa shape index (κ3) is 4.40. The van der Waals surface area contributed by atoms with Crippen LogP contribution >= 0.6 is 15.9 Å². The molecule has 0 fully saturated rings. The fourth-order valence-electron chi connectivity index (χ4n) is 2.65. The standard InChI is InChI=1S/C18H22BrNO/c1-13-5-2-3-6-14(13)9-10-18(21)17(12-20)15-7-4-8-16(19)11-15/h2-8,11,17-18,21H,9-10,12,20H2,1H3. The number of hydrogen-bond donors (Lipinski definition) is 2. The van der Waals surface area contributed by atoms with Crippen molar-refractivity contribution in [3.63, 3.8) is 0 Å². The van der Waals surface area contributed by atoms with Gasteiger partial charge in [0.05, 0.1) is 6.10 Å². The molecule has 112 valence electrons. The highest BCUT2D eigenvalue weighted by Crippen LogP contribution is 2.25. The van der Waals surface area contributed by atoms with E-state index in [1.165, 1.54) is 11.1 Å². The van der Waals surface area contributed by atoms with Crippen LogP contribution < -0.4 is 5.73 Å². The zero-order valence-corrected chi connectivity index (χ0v) is 13.9. The molecule has 0 aliphatic heterocycles. The fourth-order valence-corrected chi connectivity index (χ4v) is 3.06. The van der Waals surface area contributed by atoms with E-state index in [0.29, 0.717) is 6.54 Å². The summed E-state index contributed by atoms with van der Waals surface area (Å²) in [5.41, 5.74) is 9.53. The van der Waals surface area contributed by atoms with Crippen LogP contribution in [-0.2, 0) is 6.42 Å². The molecule has 0 amide bonds. The first-order chi connectivity index (χ1) is 10.1. The van der Waals surface area contributed by atoms with Gasteiger partial charge < -0.3 is 10.8 Å². The Labute approximate surface area is 135 Å². The Morgan fingerprint density at radius 1 is 1.14 bits per heavy atom. The van der Waals surface area contributed by atoms with E-state index in [2.05, 4.69) is 35.0 Å². The third-order valence-electron chi connectivity index (χ3n) is 3.97. The van der Waals surface area contributed by atoms with Crippen LogP contribution in [0.5, 0.6) is 0 Å². The summed E-state index contributed by atoms with van der Waals surface area (Å²) < 4.78 is 1.02. The molecule has 0 aliphatic carbocycles. The lowest BCUT2D eigenvalue weighted by atomic mass is 9.89. The van der Waals surface area contributed by atoms with Crippen molar-refractivity contribution in [2.45, 2.75) is 31.8 Å². The Balaban J connectivity index is 2.04. The number of aliphatic hydroxyl groups excluding tert-OH is 1. The van der Waals surface area contributed by atoms with E-state index in [0.717, 1.165) is 22.9 Å². The molecule has 0 bridgehead atoms. The molecule has 3 N–H and O–H groups in total. The minimum atomic E-state index is -0.427. The van der Waals surface area contributed by atoms with Gasteiger partial charge in [-0.3, -0.25) is 0 Å². The first-order valence-electron chi connectivity index (χ1n) is 7.30. The number of hydrogen-bond acceptors (Lipinski definition) is 2. The van der Waals surface area contributed by atoms with Gasteiger partial charge in [0.25, 0.3) is 0 Å². The molecule has 0 aliphatic rings. The highest BCUT2D eigenvalue weighted by molar-refractivity contribution is 9.10. The van der Waals surface area contributed by atoms with Crippen molar-refractivity contribution in [2.24, 2.45) is 5.73 Å². The molecule has 2 unspecified atom stereocenters. The summed E-state index contributed by atoms with van der Waals surface area (Å²) in [6.07, 6.45) is 1.17. The van der Waals surface area contributed by atoms with Gasteiger partial charge in [-0.25, -0.2) is 0 Å². The zero-order valence-electron chi connectivity index (χ0n) is 12.3. The van der Waals surface area contributed by atoms with Crippen molar-refractivity contribution in [1.82, 2.24) is 0 Å². The second-order valence-electron chi connectivity index (χ2n) is 5.43. The largest absolute Gasteiger partial charge is 0.392 e. The van der Waals surface area contributed by atoms with Crippen molar-refractivity contribution >= 4 is 15.9 Å². The highest BCUT2D eigenvalue weighted by atomic mass is 79.9. The first-order valence-corrected chi connectivity index (χ1v) is 8.09. The minimum Gasteiger partial charge on any atom is -0.392 e. The van der Waals surface area contributed by atoms with Crippen LogP contribution in [0, 0.1) is 6.92 Å². The second kappa shape index (κ2) is 7.74. The van der Waals surface area contributed by atoms with Crippen molar-refractivity contribution in [3.8, 4) is 0 Å². The van der Waals surface area contributed by atoms with Crippen molar-refractivity contribution in [1.29, 1.82) is 0 Å². The monoisotopic (exact) mass is 347 g/mol. The lowest BCUT2D eigenvalue weighted by molar-refractivity contribution is 0.136. The molecule has 2 nitrogen and oxygen atoms in total. The zero-order chi connectivity index (χ0) is 15.2. The predicted molar refractivity (Wildman–Crippen MR) is 91.4 cm³/mol. The summed E-state index contributed by atoms with van der Waals surface area (Å²) >= 11 is 3.47. The van der Waals surface area contributed by atoms with E-state index < -0.39 is 6.10 Å². The van der Waals surface area contributed by atoms with Gasteiger partial charge in [0.2, 0.25) is 0 Å². The van der Waals surface area contributed by atoms with Crippen LogP contribution in [0.1, 0.15) is 29.0 Å². The topological polar surface area (TPSA) is 46.2 Å². The van der Waals surface area contributed by atoms with Gasteiger partial charge >= 0.3 is 0 Å². The number of rotatable bonds is 6. The second-order valence-corrected chi connectivity index (χ2v) is 6.35. The maximum atomic E-state index is 10.5. The molecule has 0 radical (unpaired) electrons. The number of halogens is 1. The normalized spacial score (nSPS) is 13.9. The van der Waals surface area contributed by atoms with Gasteiger partial charge in [0.15, 0.2) is 0 Å². The SMILES string of the molecule is Cc1ccccc1CCC(O)C(CN)c1cccc(Br)c1. The summed E-state index contributed by atoms with van der Waals surface area (Å²) in [7, 11) is 0. The molecule has 0 spiro atoms. The average molecular weight is 348 g/mol. The van der Waals surface area contributed by atoms with Gasteiger partial charge in [-0.15, -0.1) is 0 Å². The molecule has 21 heavy (non-hydrogen) atoms. The Hall–Kier alpha value is -1.16. The Morgan fingerprint density at radius 3 is 2.57 bits per heavy atom. The summed E-state index contributed by atoms with van der Waals surface area (Å²) in [4.78, 5) is 0. The Morgan fingerprint density at radius 2 is 1.90 bits per heavy atom. The number of aryl methyl sites for hydroxylation is 2. The molecule has 2 aromatic carbocycles. The number of benzene rings is 2. The van der Waals surface area contributed by atoms with E-state index >= 15 is 0 Å². The smallest absolute Gasteiger partial charge is 0.0624 e. The number of nitrogens with two attached hydrogens (primary N) is 1. The van der Waals surface area contributed by atoms with Crippen molar-refractivity contribution in [2.75, 3.05) is 6.54 Å². The van der Waals surface area contributed by atoms with Crippen LogP contribution in [0.4, 0.5) is 0 Å². The summed E-state index contributed by atoms with van der Waals surface area (Å²) in [6, 6.07) is 16.3. The lowest BCUT2D eigenvalue weighted by Crippen LogP contribution is -2.26. The lowest BCUT2D eigenvalue weighted by Gasteiger charge is -2.22. The van der Waals surface area contributed by atoms with E-state index in [9.17, 15) is 5.11 Å². The van der Waals surface area contributed by atoms with E-state index in [4.69, 9.17) is 5.73 Å². The van der Waals surface area contributed by atoms with Crippen LogP contribution in [0.25, 0.3) is 0 Å². The van der Waals surface area contributed by atoms with Crippen molar-refractivity contribution < 1.29 is 5.11 Å². The highest BCUT2D eigenvalue weighted by Gasteiger charge is 2.20.